The van der Waals surface area contributed by atoms with Gasteiger partial charge in [-0.25, -0.2) is 0 Å². The van der Waals surface area contributed by atoms with E-state index >= 15 is 0 Å². The van der Waals surface area contributed by atoms with Crippen LogP contribution in [0, 0.1) is 5.92 Å². The topological polar surface area (TPSA) is 84.2 Å². The molecule has 0 aromatic heterocycles. The molecule has 0 radical (unpaired) electrons. The molecule has 0 saturated carbocycles. The maximum Gasteiger partial charge on any atom is 0.222 e. The van der Waals surface area contributed by atoms with Crippen LogP contribution in [0.3, 0.4) is 0 Å². The fraction of sp³-hybridized carbons (Fsp3) is 0.467. The van der Waals surface area contributed by atoms with Crippen molar-refractivity contribution in [1.29, 1.82) is 0 Å². The summed E-state index contributed by atoms with van der Waals surface area (Å²) in [6, 6.07) is 7.50. The second-order valence-corrected chi connectivity index (χ2v) is 5.04. The van der Waals surface area contributed by atoms with E-state index < -0.39 is 0 Å². The summed E-state index contributed by atoms with van der Waals surface area (Å²) in [6.07, 6.45) is 1.12. The lowest BCUT2D eigenvalue weighted by atomic mass is 10.1. The van der Waals surface area contributed by atoms with Crippen LogP contribution < -0.4 is 16.4 Å². The minimum Gasteiger partial charge on any atom is -0.399 e. The van der Waals surface area contributed by atoms with Gasteiger partial charge in [0.25, 0.3) is 0 Å². The Morgan fingerprint density at radius 2 is 1.70 bits per heavy atom. The van der Waals surface area contributed by atoms with E-state index in [4.69, 9.17) is 5.73 Å². The minimum atomic E-state index is -0.0313. The Morgan fingerprint density at radius 3 is 2.30 bits per heavy atom. The summed E-state index contributed by atoms with van der Waals surface area (Å²) in [5.74, 6) is -0.0436. The van der Waals surface area contributed by atoms with Crippen LogP contribution in [0.25, 0.3) is 0 Å². The highest BCUT2D eigenvalue weighted by Crippen LogP contribution is 2.07. The number of amides is 2. The summed E-state index contributed by atoms with van der Waals surface area (Å²) in [6.45, 7) is 4.59. The van der Waals surface area contributed by atoms with Gasteiger partial charge >= 0.3 is 0 Å². The van der Waals surface area contributed by atoms with Gasteiger partial charge in [-0.1, -0.05) is 26.0 Å². The number of hydrogen-bond acceptors (Lipinski definition) is 3. The first-order valence-electron chi connectivity index (χ1n) is 6.88. The van der Waals surface area contributed by atoms with Crippen molar-refractivity contribution in [2.24, 2.45) is 5.92 Å². The van der Waals surface area contributed by atoms with Crippen LogP contribution in [-0.4, -0.2) is 24.9 Å². The van der Waals surface area contributed by atoms with Gasteiger partial charge in [-0.15, -0.1) is 0 Å². The Bertz CT molecular complexity index is 441. The van der Waals surface area contributed by atoms with E-state index in [1.165, 1.54) is 0 Å². The monoisotopic (exact) mass is 277 g/mol. The van der Waals surface area contributed by atoms with Crippen molar-refractivity contribution in [3.05, 3.63) is 29.8 Å². The average molecular weight is 277 g/mol. The van der Waals surface area contributed by atoms with Crippen LogP contribution >= 0.6 is 0 Å². The fourth-order valence-electron chi connectivity index (χ4n) is 1.62. The molecular weight excluding hydrogens is 254 g/mol. The largest absolute Gasteiger partial charge is 0.399 e. The Kier molecular flexibility index (Phi) is 6.56. The molecule has 110 valence electrons. The highest BCUT2D eigenvalue weighted by atomic mass is 16.2. The van der Waals surface area contributed by atoms with Gasteiger partial charge in [0.15, 0.2) is 0 Å². The molecule has 0 atom stereocenters. The first-order valence-corrected chi connectivity index (χ1v) is 6.88. The summed E-state index contributed by atoms with van der Waals surface area (Å²) in [4.78, 5) is 22.9. The molecule has 1 aromatic carbocycles. The van der Waals surface area contributed by atoms with Crippen molar-refractivity contribution in [3.8, 4) is 0 Å². The first-order chi connectivity index (χ1) is 9.49. The molecule has 2 amide bonds. The number of anilines is 1. The maximum absolute atomic E-state index is 11.6. The Hall–Kier alpha value is -2.04. The number of rotatable bonds is 7. The number of benzene rings is 1. The van der Waals surface area contributed by atoms with Crippen LogP contribution in [0.15, 0.2) is 24.3 Å². The molecule has 5 heteroatoms. The second kappa shape index (κ2) is 8.19. The van der Waals surface area contributed by atoms with E-state index in [-0.39, 0.29) is 17.7 Å². The van der Waals surface area contributed by atoms with Gasteiger partial charge < -0.3 is 16.4 Å². The summed E-state index contributed by atoms with van der Waals surface area (Å²) < 4.78 is 0. The van der Waals surface area contributed by atoms with Crippen LogP contribution in [0.4, 0.5) is 5.69 Å². The van der Waals surface area contributed by atoms with Crippen molar-refractivity contribution < 1.29 is 9.59 Å². The number of nitrogens with one attached hydrogen (secondary N) is 2. The Labute approximate surface area is 119 Å². The second-order valence-electron chi connectivity index (χ2n) is 5.04. The molecule has 4 N–H and O–H groups in total. The van der Waals surface area contributed by atoms with Crippen molar-refractivity contribution in [2.45, 2.75) is 26.7 Å². The molecule has 0 fully saturated rings. The lowest BCUT2D eigenvalue weighted by Crippen LogP contribution is -2.36. The van der Waals surface area contributed by atoms with Crippen molar-refractivity contribution in [2.75, 3.05) is 18.8 Å². The van der Waals surface area contributed by atoms with Gasteiger partial charge in [-0.05, 0) is 24.1 Å². The Balaban J connectivity index is 2.14. The third kappa shape index (κ3) is 6.22. The summed E-state index contributed by atoms with van der Waals surface area (Å²) in [7, 11) is 0. The summed E-state index contributed by atoms with van der Waals surface area (Å²) >= 11 is 0. The molecule has 20 heavy (non-hydrogen) atoms. The minimum absolute atomic E-state index is 0.00104. The van der Waals surface area contributed by atoms with Gasteiger partial charge in [0.05, 0.1) is 0 Å². The molecule has 0 spiro atoms. The van der Waals surface area contributed by atoms with E-state index in [0.29, 0.717) is 25.9 Å². The van der Waals surface area contributed by atoms with E-state index in [1.807, 2.05) is 38.1 Å². The third-order valence-electron chi connectivity index (χ3n) is 2.89. The number of hydrogen-bond donors (Lipinski definition) is 3. The first kappa shape index (κ1) is 16.0. The lowest BCUT2D eigenvalue weighted by Gasteiger charge is -2.08. The molecule has 0 aliphatic carbocycles. The number of nitrogen functional groups attached to an aromatic ring is 1. The molecule has 0 aliphatic rings. The number of nitrogens with two attached hydrogens (primary N) is 1. The van der Waals surface area contributed by atoms with E-state index in [9.17, 15) is 9.59 Å². The van der Waals surface area contributed by atoms with Gasteiger partial charge in [0.2, 0.25) is 11.8 Å². The molecule has 0 aliphatic heterocycles. The molecular formula is C15H23N3O2. The Morgan fingerprint density at radius 1 is 1.10 bits per heavy atom. The highest BCUT2D eigenvalue weighted by Gasteiger charge is 2.06. The van der Waals surface area contributed by atoms with Crippen LogP contribution in [0.1, 0.15) is 25.8 Å². The van der Waals surface area contributed by atoms with Crippen molar-refractivity contribution >= 4 is 17.5 Å². The molecule has 0 bridgehead atoms. The average Bonchev–Trinajstić information content (AvgIpc) is 2.42. The highest BCUT2D eigenvalue weighted by molar-refractivity contribution is 5.78. The molecule has 0 heterocycles. The third-order valence-corrected chi connectivity index (χ3v) is 2.89. The number of carbonyl (C=O) groups excluding carboxylic acids is 2. The molecule has 0 saturated heterocycles. The predicted octanol–water partition coefficient (Wildman–Crippen LogP) is 1.09. The van der Waals surface area contributed by atoms with E-state index in [2.05, 4.69) is 10.6 Å². The van der Waals surface area contributed by atoms with Gasteiger partial charge in [-0.2, -0.15) is 0 Å². The standard InChI is InChI=1S/C15H23N3O2/c1-11(2)15(20)18-10-9-17-14(19)8-5-12-3-6-13(16)7-4-12/h3-4,6-7,11H,5,8-10,16H2,1-2H3,(H,17,19)(H,18,20). The normalized spacial score (nSPS) is 10.3. The van der Waals surface area contributed by atoms with Crippen molar-refractivity contribution in [1.82, 2.24) is 10.6 Å². The molecule has 5 nitrogen and oxygen atoms in total. The van der Waals surface area contributed by atoms with Crippen LogP contribution in [-0.2, 0) is 16.0 Å². The van der Waals surface area contributed by atoms with E-state index in [0.717, 1.165) is 11.3 Å². The summed E-state index contributed by atoms with van der Waals surface area (Å²) in [5, 5.41) is 5.53. The van der Waals surface area contributed by atoms with E-state index in [1.54, 1.807) is 0 Å². The lowest BCUT2D eigenvalue weighted by molar-refractivity contribution is -0.124. The summed E-state index contributed by atoms with van der Waals surface area (Å²) in [5.41, 5.74) is 7.40. The van der Waals surface area contributed by atoms with Crippen molar-refractivity contribution in [3.63, 3.8) is 0 Å². The zero-order chi connectivity index (χ0) is 15.0. The zero-order valence-corrected chi connectivity index (χ0v) is 12.1. The zero-order valence-electron chi connectivity index (χ0n) is 12.1. The smallest absolute Gasteiger partial charge is 0.222 e. The molecule has 1 aromatic rings. The predicted molar refractivity (Wildman–Crippen MR) is 80.0 cm³/mol. The quantitative estimate of drug-likeness (QED) is 0.515. The van der Waals surface area contributed by atoms with Crippen LogP contribution in [0.5, 0.6) is 0 Å². The van der Waals surface area contributed by atoms with Gasteiger partial charge in [0.1, 0.15) is 0 Å². The molecule has 1 rings (SSSR count). The van der Waals surface area contributed by atoms with Gasteiger partial charge in [0, 0.05) is 31.1 Å². The SMILES string of the molecule is CC(C)C(=O)NCCNC(=O)CCc1ccc(N)cc1. The number of carbonyl (C=O) groups is 2. The molecule has 0 unspecified atom stereocenters. The number of aryl methyl sites for hydroxylation is 1. The maximum atomic E-state index is 11.6. The fourth-order valence-corrected chi connectivity index (χ4v) is 1.62. The van der Waals surface area contributed by atoms with Gasteiger partial charge in [-0.3, -0.25) is 9.59 Å². The van der Waals surface area contributed by atoms with Crippen LogP contribution in [0.2, 0.25) is 0 Å².